The smallest absolute Gasteiger partial charge is 0.255 e. The second-order valence-corrected chi connectivity index (χ2v) is 8.44. The molecule has 0 bridgehead atoms. The van der Waals surface area contributed by atoms with Crippen molar-refractivity contribution in [1.82, 2.24) is 9.55 Å². The highest BCUT2D eigenvalue weighted by molar-refractivity contribution is 6.07. The van der Waals surface area contributed by atoms with Crippen molar-refractivity contribution in [3.63, 3.8) is 0 Å². The predicted molar refractivity (Wildman–Crippen MR) is 142 cm³/mol. The summed E-state index contributed by atoms with van der Waals surface area (Å²) >= 11 is 0. The van der Waals surface area contributed by atoms with Crippen LogP contribution in [-0.2, 0) is 4.79 Å². The molecule has 9 nitrogen and oxygen atoms in total. The van der Waals surface area contributed by atoms with Gasteiger partial charge in [0.25, 0.3) is 5.91 Å². The lowest BCUT2D eigenvalue weighted by Gasteiger charge is -2.32. The highest BCUT2D eigenvalue weighted by Crippen LogP contribution is 2.48. The molecule has 1 aromatic heterocycles. The molecule has 5 rings (SSSR count). The second kappa shape index (κ2) is 9.77. The molecule has 1 aliphatic rings. The highest BCUT2D eigenvalue weighted by Gasteiger charge is 2.37. The van der Waals surface area contributed by atoms with Gasteiger partial charge in [-0.3, -0.25) is 9.36 Å². The number of aromatic nitrogens is 2. The molecule has 0 saturated heterocycles. The van der Waals surface area contributed by atoms with Crippen molar-refractivity contribution in [2.75, 3.05) is 39.1 Å². The standard InChI is InChI=1S/C28H28N4O5/c1-16-23(27(33)30-19-11-7-9-13-21(19)34-2)24(17-14-15-22(35-3)26(37-5)25(17)36-4)32-20-12-8-6-10-18(20)31-28(32)29-16/h6-15,24H,1-5H3,(H,29,31)(H,30,33)/t24-/m1/s1. The fourth-order valence-corrected chi connectivity index (χ4v) is 4.83. The summed E-state index contributed by atoms with van der Waals surface area (Å²) in [5.41, 5.74) is 4.10. The molecule has 0 saturated carbocycles. The van der Waals surface area contributed by atoms with Crippen molar-refractivity contribution in [3.05, 3.63) is 77.5 Å². The highest BCUT2D eigenvalue weighted by atomic mass is 16.5. The van der Waals surface area contributed by atoms with Gasteiger partial charge < -0.3 is 29.6 Å². The largest absolute Gasteiger partial charge is 0.495 e. The van der Waals surface area contributed by atoms with Gasteiger partial charge in [-0.05, 0) is 43.3 Å². The maximum absolute atomic E-state index is 14.0. The van der Waals surface area contributed by atoms with Gasteiger partial charge in [-0.15, -0.1) is 0 Å². The Balaban J connectivity index is 1.74. The van der Waals surface area contributed by atoms with Crippen LogP contribution in [0, 0.1) is 0 Å². The van der Waals surface area contributed by atoms with Crippen molar-refractivity contribution in [2.24, 2.45) is 0 Å². The Morgan fingerprint density at radius 2 is 1.57 bits per heavy atom. The number of amides is 1. The molecule has 0 fully saturated rings. The lowest BCUT2D eigenvalue weighted by molar-refractivity contribution is -0.113. The van der Waals surface area contributed by atoms with Gasteiger partial charge in [-0.1, -0.05) is 24.3 Å². The van der Waals surface area contributed by atoms with Crippen LogP contribution in [0.1, 0.15) is 18.5 Å². The summed E-state index contributed by atoms with van der Waals surface area (Å²) in [7, 11) is 6.26. The fourth-order valence-electron chi connectivity index (χ4n) is 4.83. The lowest BCUT2D eigenvalue weighted by Crippen LogP contribution is -2.31. The summed E-state index contributed by atoms with van der Waals surface area (Å²) in [6.45, 7) is 1.86. The Bertz CT molecular complexity index is 1520. The van der Waals surface area contributed by atoms with Crippen LogP contribution in [-0.4, -0.2) is 43.9 Å². The van der Waals surface area contributed by atoms with E-state index in [4.69, 9.17) is 23.9 Å². The van der Waals surface area contributed by atoms with Crippen LogP contribution in [0.25, 0.3) is 11.0 Å². The quantitative estimate of drug-likeness (QED) is 0.369. The molecule has 0 radical (unpaired) electrons. The first-order valence-electron chi connectivity index (χ1n) is 11.7. The first kappa shape index (κ1) is 24.1. The molecular formula is C28H28N4O5. The third-order valence-electron chi connectivity index (χ3n) is 6.46. The minimum atomic E-state index is -0.590. The number of methoxy groups -OCH3 is 4. The Morgan fingerprint density at radius 3 is 2.30 bits per heavy atom. The van der Waals surface area contributed by atoms with E-state index in [0.717, 1.165) is 16.6 Å². The number of hydrogen-bond donors (Lipinski definition) is 2. The van der Waals surface area contributed by atoms with Crippen LogP contribution >= 0.6 is 0 Å². The lowest BCUT2D eigenvalue weighted by atomic mass is 9.93. The van der Waals surface area contributed by atoms with Crippen LogP contribution in [0.3, 0.4) is 0 Å². The Kier molecular flexibility index (Phi) is 6.35. The van der Waals surface area contributed by atoms with Gasteiger partial charge in [-0.25, -0.2) is 4.98 Å². The SMILES string of the molecule is COc1ccccc1NC(=O)C1=C(C)Nc2nc3ccccc3n2[C@@H]1c1ccc(OC)c(OC)c1OC. The van der Waals surface area contributed by atoms with Crippen LogP contribution < -0.4 is 29.6 Å². The van der Waals surface area contributed by atoms with Gasteiger partial charge >= 0.3 is 0 Å². The molecule has 0 unspecified atom stereocenters. The number of benzene rings is 3. The van der Waals surface area contributed by atoms with Gasteiger partial charge in [0.2, 0.25) is 11.7 Å². The van der Waals surface area contributed by atoms with Gasteiger partial charge in [0.1, 0.15) is 5.75 Å². The second-order valence-electron chi connectivity index (χ2n) is 8.44. The van der Waals surface area contributed by atoms with Crippen molar-refractivity contribution in [3.8, 4) is 23.0 Å². The zero-order chi connectivity index (χ0) is 26.1. The van der Waals surface area contributed by atoms with Crippen LogP contribution in [0.15, 0.2) is 71.9 Å². The Labute approximate surface area is 214 Å². The summed E-state index contributed by atoms with van der Waals surface area (Å²) in [6, 6.07) is 18.2. The number of nitrogens with zero attached hydrogens (tertiary/aromatic N) is 2. The zero-order valence-corrected chi connectivity index (χ0v) is 21.3. The van der Waals surface area contributed by atoms with Crippen LogP contribution in [0.5, 0.6) is 23.0 Å². The van der Waals surface area contributed by atoms with Crippen LogP contribution in [0.2, 0.25) is 0 Å². The minimum absolute atomic E-state index is 0.292. The third-order valence-corrected chi connectivity index (χ3v) is 6.46. The zero-order valence-electron chi connectivity index (χ0n) is 21.3. The van der Waals surface area contributed by atoms with Crippen molar-refractivity contribution < 1.29 is 23.7 Å². The number of carbonyl (C=O) groups excluding carboxylic acids is 1. The van der Waals surface area contributed by atoms with Gasteiger partial charge in [0.15, 0.2) is 11.5 Å². The molecule has 37 heavy (non-hydrogen) atoms. The number of imidazole rings is 1. The Hall–Kier alpha value is -4.66. The molecule has 1 aliphatic heterocycles. The number of nitrogens with one attached hydrogen (secondary N) is 2. The molecule has 4 aromatic rings. The molecule has 2 heterocycles. The number of fused-ring (bicyclic) bond motifs is 3. The molecule has 0 aliphatic carbocycles. The molecule has 1 amide bonds. The third kappa shape index (κ3) is 3.98. The van der Waals surface area contributed by atoms with E-state index in [2.05, 4.69) is 10.6 Å². The van der Waals surface area contributed by atoms with Gasteiger partial charge in [-0.2, -0.15) is 0 Å². The summed E-state index contributed by atoms with van der Waals surface area (Å²) in [4.78, 5) is 18.8. The number of ether oxygens (including phenoxy) is 4. The Morgan fingerprint density at radius 1 is 0.865 bits per heavy atom. The molecule has 190 valence electrons. The first-order chi connectivity index (χ1) is 18.0. The van der Waals surface area contributed by atoms with E-state index >= 15 is 0 Å². The predicted octanol–water partition coefficient (Wildman–Crippen LogP) is 5.00. The maximum atomic E-state index is 14.0. The molecule has 0 spiro atoms. The van der Waals surface area contributed by atoms with E-state index in [1.807, 2.05) is 60.0 Å². The molecule has 9 heteroatoms. The van der Waals surface area contributed by atoms with Crippen molar-refractivity contribution in [1.29, 1.82) is 0 Å². The fraction of sp³-hybridized carbons (Fsp3) is 0.214. The normalized spacial score (nSPS) is 14.6. The first-order valence-corrected chi connectivity index (χ1v) is 11.7. The van der Waals surface area contributed by atoms with Gasteiger partial charge in [0, 0.05) is 11.3 Å². The van der Waals surface area contributed by atoms with E-state index in [-0.39, 0.29) is 5.91 Å². The summed E-state index contributed by atoms with van der Waals surface area (Å²) in [5, 5.41) is 6.35. The minimum Gasteiger partial charge on any atom is -0.495 e. The van der Waals surface area contributed by atoms with E-state index in [1.54, 1.807) is 40.6 Å². The van der Waals surface area contributed by atoms with Gasteiger partial charge in [0.05, 0.1) is 56.8 Å². The van der Waals surface area contributed by atoms with E-state index < -0.39 is 6.04 Å². The van der Waals surface area contributed by atoms with E-state index in [9.17, 15) is 4.79 Å². The molecule has 1 atom stereocenters. The number of allylic oxidation sites excluding steroid dienone is 1. The number of carbonyl (C=O) groups is 1. The monoisotopic (exact) mass is 500 g/mol. The average molecular weight is 501 g/mol. The average Bonchev–Trinajstić information content (AvgIpc) is 3.29. The molecular weight excluding hydrogens is 472 g/mol. The van der Waals surface area contributed by atoms with E-state index in [1.165, 1.54) is 0 Å². The number of para-hydroxylation sites is 4. The van der Waals surface area contributed by atoms with Crippen molar-refractivity contribution >= 4 is 28.6 Å². The number of anilines is 2. The van der Waals surface area contributed by atoms with Crippen LogP contribution in [0.4, 0.5) is 11.6 Å². The summed E-state index contributed by atoms with van der Waals surface area (Å²) in [5.74, 6) is 2.32. The topological polar surface area (TPSA) is 95.9 Å². The summed E-state index contributed by atoms with van der Waals surface area (Å²) in [6.07, 6.45) is 0. The number of hydrogen-bond acceptors (Lipinski definition) is 7. The van der Waals surface area contributed by atoms with Crippen molar-refractivity contribution in [2.45, 2.75) is 13.0 Å². The maximum Gasteiger partial charge on any atom is 0.255 e. The molecule has 2 N–H and O–H groups in total. The number of rotatable bonds is 7. The summed E-state index contributed by atoms with van der Waals surface area (Å²) < 4.78 is 24.5. The van der Waals surface area contributed by atoms with E-state index in [0.29, 0.717) is 45.9 Å². The molecule has 3 aromatic carbocycles.